The van der Waals surface area contributed by atoms with Crippen LogP contribution in [-0.2, 0) is 0 Å². The summed E-state index contributed by atoms with van der Waals surface area (Å²) >= 11 is 0. The summed E-state index contributed by atoms with van der Waals surface area (Å²) in [7, 11) is 1.57. The lowest BCUT2D eigenvalue weighted by Crippen LogP contribution is -2.56. The third-order valence-electron chi connectivity index (χ3n) is 2.89. The molecule has 1 fully saturated rings. The number of piperazine rings is 1. The molecular weight excluding hydrogens is 348 g/mol. The van der Waals surface area contributed by atoms with Crippen LogP contribution >= 0.6 is 24.0 Å². The van der Waals surface area contributed by atoms with E-state index in [1.165, 1.54) is 11.8 Å². The van der Waals surface area contributed by atoms with Gasteiger partial charge in [0.15, 0.2) is 5.96 Å². The monoisotopic (exact) mass is 366 g/mol. The fraction of sp³-hybridized carbons (Fsp3) is 0.889. The van der Waals surface area contributed by atoms with Gasteiger partial charge in [0.1, 0.15) is 6.04 Å². The van der Waals surface area contributed by atoms with E-state index in [-0.39, 0.29) is 24.0 Å². The minimum atomic E-state index is -4.16. The van der Waals surface area contributed by atoms with Crippen molar-refractivity contribution in [2.45, 2.75) is 19.1 Å². The lowest BCUT2D eigenvalue weighted by molar-refractivity contribution is -0.181. The Kier molecular flexibility index (Phi) is 6.52. The summed E-state index contributed by atoms with van der Waals surface area (Å²) in [5.74, 6) is 0.388. The number of nitrogens with two attached hydrogens (primary N) is 1. The van der Waals surface area contributed by atoms with E-state index in [0.29, 0.717) is 32.1 Å². The zero-order chi connectivity index (χ0) is 12.3. The average Bonchev–Trinajstić information content (AvgIpc) is 2.26. The molecule has 2 N–H and O–H groups in total. The third-order valence-corrected chi connectivity index (χ3v) is 2.89. The Labute approximate surface area is 116 Å². The summed E-state index contributed by atoms with van der Waals surface area (Å²) in [5, 5.41) is 0. The molecule has 102 valence electrons. The number of rotatable bonds is 1. The van der Waals surface area contributed by atoms with Crippen LogP contribution in [0.25, 0.3) is 0 Å². The maximum absolute atomic E-state index is 12.5. The fourth-order valence-corrected chi connectivity index (χ4v) is 1.69. The summed E-state index contributed by atoms with van der Waals surface area (Å²) in [5.41, 5.74) is 5.59. The molecule has 1 unspecified atom stereocenters. The molecule has 1 aliphatic rings. The van der Waals surface area contributed by atoms with Gasteiger partial charge in [-0.25, -0.2) is 0 Å². The van der Waals surface area contributed by atoms with Gasteiger partial charge in [0, 0.05) is 33.2 Å². The lowest BCUT2D eigenvalue weighted by atomic mass is 10.2. The van der Waals surface area contributed by atoms with Gasteiger partial charge < -0.3 is 10.6 Å². The molecule has 1 aliphatic heterocycles. The first kappa shape index (κ1) is 16.8. The van der Waals surface area contributed by atoms with E-state index in [2.05, 4.69) is 4.99 Å². The van der Waals surface area contributed by atoms with Crippen molar-refractivity contribution in [2.75, 3.05) is 33.2 Å². The fourth-order valence-electron chi connectivity index (χ4n) is 1.69. The molecule has 0 saturated carbocycles. The second-order valence-electron chi connectivity index (χ2n) is 3.82. The molecule has 0 aliphatic carbocycles. The Balaban J connectivity index is 0.00000256. The summed E-state index contributed by atoms with van der Waals surface area (Å²) in [6, 6.07) is -1.39. The minimum Gasteiger partial charge on any atom is -0.370 e. The van der Waals surface area contributed by atoms with Gasteiger partial charge in [0.2, 0.25) is 0 Å². The van der Waals surface area contributed by atoms with E-state index >= 15 is 0 Å². The van der Waals surface area contributed by atoms with Crippen LogP contribution in [0.4, 0.5) is 13.2 Å². The molecule has 0 radical (unpaired) electrons. The van der Waals surface area contributed by atoms with Crippen molar-refractivity contribution in [1.29, 1.82) is 0 Å². The first-order valence-corrected chi connectivity index (χ1v) is 5.14. The largest absolute Gasteiger partial charge is 0.403 e. The van der Waals surface area contributed by atoms with Crippen LogP contribution in [0.1, 0.15) is 6.92 Å². The van der Waals surface area contributed by atoms with Gasteiger partial charge in [-0.05, 0) is 6.92 Å². The highest BCUT2D eigenvalue weighted by Gasteiger charge is 2.40. The van der Waals surface area contributed by atoms with E-state index in [9.17, 15) is 13.2 Å². The zero-order valence-corrected chi connectivity index (χ0v) is 12.2. The van der Waals surface area contributed by atoms with Gasteiger partial charge >= 0.3 is 6.18 Å². The van der Waals surface area contributed by atoms with Gasteiger partial charge in [-0.1, -0.05) is 0 Å². The molecule has 1 heterocycles. The number of guanidine groups is 1. The quantitative estimate of drug-likeness (QED) is 0.430. The highest BCUT2D eigenvalue weighted by molar-refractivity contribution is 14.0. The molecule has 4 nitrogen and oxygen atoms in total. The Morgan fingerprint density at radius 3 is 2.06 bits per heavy atom. The minimum absolute atomic E-state index is 0. The van der Waals surface area contributed by atoms with E-state index in [1.807, 2.05) is 0 Å². The molecule has 1 atom stereocenters. The van der Waals surface area contributed by atoms with Crippen LogP contribution < -0.4 is 5.73 Å². The smallest absolute Gasteiger partial charge is 0.370 e. The molecule has 1 saturated heterocycles. The maximum atomic E-state index is 12.5. The topological polar surface area (TPSA) is 44.9 Å². The number of halogens is 4. The average molecular weight is 366 g/mol. The van der Waals surface area contributed by atoms with Crippen LogP contribution in [0, 0.1) is 0 Å². The third kappa shape index (κ3) is 4.49. The van der Waals surface area contributed by atoms with Crippen LogP contribution in [0.15, 0.2) is 4.99 Å². The van der Waals surface area contributed by atoms with Crippen LogP contribution in [0.3, 0.4) is 0 Å². The normalized spacial score (nSPS) is 21.0. The molecule has 8 heteroatoms. The predicted molar refractivity (Wildman–Crippen MR) is 71.6 cm³/mol. The molecular formula is C9H18F3IN4. The Hall–Kier alpha value is -0.250. The summed E-state index contributed by atoms with van der Waals surface area (Å²) in [6.07, 6.45) is -4.16. The molecule has 0 aromatic heterocycles. The number of alkyl halides is 3. The second kappa shape index (κ2) is 6.62. The number of hydrogen-bond acceptors (Lipinski definition) is 2. The van der Waals surface area contributed by atoms with Crippen molar-refractivity contribution in [3.8, 4) is 0 Å². The van der Waals surface area contributed by atoms with Crippen molar-refractivity contribution < 1.29 is 13.2 Å². The second-order valence-corrected chi connectivity index (χ2v) is 3.82. The molecule has 0 spiro atoms. The van der Waals surface area contributed by atoms with Crippen LogP contribution in [0.2, 0.25) is 0 Å². The Morgan fingerprint density at radius 1 is 1.24 bits per heavy atom. The zero-order valence-electron chi connectivity index (χ0n) is 9.87. The first-order chi connectivity index (χ1) is 7.36. The van der Waals surface area contributed by atoms with Crippen LogP contribution in [0.5, 0.6) is 0 Å². The molecule has 0 amide bonds. The van der Waals surface area contributed by atoms with Crippen molar-refractivity contribution in [3.63, 3.8) is 0 Å². The van der Waals surface area contributed by atoms with Gasteiger partial charge in [-0.3, -0.25) is 9.89 Å². The Morgan fingerprint density at radius 2 is 1.71 bits per heavy atom. The number of hydrogen-bond donors (Lipinski definition) is 1. The van der Waals surface area contributed by atoms with E-state index in [4.69, 9.17) is 5.73 Å². The summed E-state index contributed by atoms with van der Waals surface area (Å²) in [6.45, 7) is 2.88. The van der Waals surface area contributed by atoms with E-state index in [0.717, 1.165) is 0 Å². The molecule has 0 bridgehead atoms. The Bertz CT molecular complexity index is 261. The summed E-state index contributed by atoms with van der Waals surface area (Å²) in [4.78, 5) is 7.02. The van der Waals surface area contributed by atoms with Gasteiger partial charge in [0.25, 0.3) is 0 Å². The molecule has 1 rings (SSSR count). The SMILES string of the molecule is CN=C(N)N1CCN(C(C)C(F)(F)F)CC1.I. The number of aliphatic imine (C=N–C) groups is 1. The van der Waals surface area contributed by atoms with Crippen molar-refractivity contribution >= 4 is 29.9 Å². The standard InChI is InChI=1S/C9H17F3N4.HI/c1-7(9(10,11)12)15-3-5-16(6-4-15)8(13)14-2;/h7H,3-6H2,1-2H3,(H2,13,14);1H. The molecule has 0 aromatic carbocycles. The van der Waals surface area contributed by atoms with Gasteiger partial charge in [0.05, 0.1) is 0 Å². The van der Waals surface area contributed by atoms with Gasteiger partial charge in [-0.15, -0.1) is 24.0 Å². The van der Waals surface area contributed by atoms with E-state index in [1.54, 1.807) is 11.9 Å². The lowest BCUT2D eigenvalue weighted by Gasteiger charge is -2.38. The first-order valence-electron chi connectivity index (χ1n) is 5.14. The van der Waals surface area contributed by atoms with Crippen LogP contribution in [-0.4, -0.2) is 61.2 Å². The predicted octanol–water partition coefficient (Wildman–Crippen LogP) is 1.12. The highest BCUT2D eigenvalue weighted by Crippen LogP contribution is 2.25. The van der Waals surface area contributed by atoms with Crippen molar-refractivity contribution in [1.82, 2.24) is 9.80 Å². The maximum Gasteiger partial charge on any atom is 0.403 e. The van der Waals surface area contributed by atoms with E-state index < -0.39 is 12.2 Å². The van der Waals surface area contributed by atoms with Crippen molar-refractivity contribution in [2.24, 2.45) is 10.7 Å². The number of nitrogens with zero attached hydrogens (tertiary/aromatic N) is 3. The summed E-state index contributed by atoms with van der Waals surface area (Å²) < 4.78 is 37.4. The highest BCUT2D eigenvalue weighted by atomic mass is 127. The molecule has 17 heavy (non-hydrogen) atoms. The van der Waals surface area contributed by atoms with Gasteiger partial charge in [-0.2, -0.15) is 13.2 Å². The van der Waals surface area contributed by atoms with Crippen molar-refractivity contribution in [3.05, 3.63) is 0 Å². The molecule has 0 aromatic rings.